The summed E-state index contributed by atoms with van der Waals surface area (Å²) in [6, 6.07) is 2.02. The molecule has 1 aliphatic rings. The maximum absolute atomic E-state index is 11.0. The Morgan fingerprint density at radius 3 is 2.19 bits per heavy atom. The van der Waals surface area contributed by atoms with Gasteiger partial charge in [0.15, 0.2) is 0 Å². The van der Waals surface area contributed by atoms with Gasteiger partial charge in [-0.05, 0) is 11.8 Å². The van der Waals surface area contributed by atoms with Crippen molar-refractivity contribution in [3.8, 4) is 6.07 Å². The van der Waals surface area contributed by atoms with Crippen molar-refractivity contribution in [1.82, 2.24) is 0 Å². The molecule has 0 aliphatic heterocycles. The van der Waals surface area contributed by atoms with Crippen molar-refractivity contribution in [3.63, 3.8) is 0 Å². The molecule has 0 aromatic carbocycles. The van der Waals surface area contributed by atoms with Crippen molar-refractivity contribution in [1.29, 1.82) is 5.26 Å². The highest BCUT2D eigenvalue weighted by Gasteiger charge is 2.30. The number of nitrogens with two attached hydrogens (primary N) is 1. The summed E-state index contributed by atoms with van der Waals surface area (Å²) in [6.45, 7) is 5.98. The quantitative estimate of drug-likeness (QED) is 0.801. The molecule has 0 spiro atoms. The van der Waals surface area contributed by atoms with Gasteiger partial charge < -0.3 is 5.73 Å². The summed E-state index contributed by atoms with van der Waals surface area (Å²) in [7, 11) is 0. The molecule has 2 unspecified atom stereocenters. The van der Waals surface area contributed by atoms with E-state index in [1.54, 1.807) is 0 Å². The first-order chi connectivity index (χ1) is 7.66. The average molecular weight is 224 g/mol. The first-order valence-corrected chi connectivity index (χ1v) is 6.35. The van der Waals surface area contributed by atoms with Gasteiger partial charge in [0.25, 0.3) is 0 Å². The molecule has 2 N–H and O–H groups in total. The maximum Gasteiger partial charge on any atom is 0.235 e. The van der Waals surface area contributed by atoms with Gasteiger partial charge >= 0.3 is 0 Å². The molecule has 3 heteroatoms. The predicted molar refractivity (Wildman–Crippen MR) is 65.4 cm³/mol. The number of nitrogens with zero attached hydrogens (tertiary/aromatic N) is 1. The molecule has 0 bridgehead atoms. The lowest BCUT2D eigenvalue weighted by Crippen LogP contribution is -2.32. The van der Waals surface area contributed by atoms with Gasteiger partial charge in [0, 0.05) is 0 Å². The molecule has 0 heterocycles. The number of primary amides is 1. The van der Waals surface area contributed by atoms with Gasteiger partial charge in [-0.3, -0.25) is 4.79 Å². The van der Waals surface area contributed by atoms with Crippen LogP contribution in [0.4, 0.5) is 0 Å². The number of hydrogen-bond donors (Lipinski definition) is 1. The van der Waals surface area contributed by atoms with Crippen LogP contribution < -0.4 is 5.73 Å². The molecule has 1 rings (SSSR count). The third kappa shape index (κ3) is 4.22. The highest BCUT2D eigenvalue weighted by molar-refractivity contribution is 5.79. The van der Waals surface area contributed by atoms with Crippen LogP contribution in [-0.4, -0.2) is 5.91 Å². The third-order valence-electron chi connectivity index (χ3n) is 3.36. The zero-order chi connectivity index (χ0) is 12.6. The number of carbonyl (C=O) groups excluding carboxylic acids is 1. The van der Waals surface area contributed by atoms with Crippen LogP contribution in [0.3, 0.4) is 0 Å². The van der Waals surface area contributed by atoms with Gasteiger partial charge in [0.1, 0.15) is 5.92 Å². The van der Waals surface area contributed by atoms with Gasteiger partial charge in [-0.25, -0.2) is 0 Å². The van der Waals surface area contributed by atoms with E-state index in [-0.39, 0.29) is 5.92 Å². The zero-order valence-electron chi connectivity index (χ0n) is 10.7. The fraction of sp³-hybridized carbons (Fsp3) is 0.846. The fourth-order valence-electron chi connectivity index (χ4n) is 2.37. The Morgan fingerprint density at radius 2 is 1.81 bits per heavy atom. The molecule has 0 radical (unpaired) electrons. The smallest absolute Gasteiger partial charge is 0.235 e. The van der Waals surface area contributed by atoms with E-state index in [9.17, 15) is 4.79 Å². The van der Waals surface area contributed by atoms with Gasteiger partial charge in [-0.1, -0.05) is 52.9 Å². The first kappa shape index (κ1) is 15.0. The highest BCUT2D eigenvalue weighted by Crippen LogP contribution is 2.33. The molecule has 2 atom stereocenters. The van der Waals surface area contributed by atoms with E-state index in [0.717, 1.165) is 12.8 Å². The summed E-state index contributed by atoms with van der Waals surface area (Å²) in [5, 5.41) is 8.85. The lowest BCUT2D eigenvalue weighted by molar-refractivity contribution is -0.122. The van der Waals surface area contributed by atoms with Crippen LogP contribution in [0.2, 0.25) is 0 Å². The van der Waals surface area contributed by atoms with E-state index in [0.29, 0.717) is 5.92 Å². The molecule has 0 aromatic heterocycles. The van der Waals surface area contributed by atoms with Crippen LogP contribution in [-0.2, 0) is 4.79 Å². The number of rotatable bonds is 3. The summed E-state index contributed by atoms with van der Waals surface area (Å²) in [5.41, 5.74) is 5.19. The van der Waals surface area contributed by atoms with E-state index in [4.69, 9.17) is 11.0 Å². The van der Waals surface area contributed by atoms with Crippen LogP contribution in [0.25, 0.3) is 0 Å². The van der Waals surface area contributed by atoms with E-state index in [1.165, 1.54) is 19.3 Å². The molecule has 1 aliphatic carbocycles. The third-order valence-corrected chi connectivity index (χ3v) is 3.36. The summed E-state index contributed by atoms with van der Waals surface area (Å²) >= 11 is 0. The minimum atomic E-state index is -0.599. The SMILES string of the molecule is CC.CC(C1CCCCC1)C(C#N)C(N)=O. The topological polar surface area (TPSA) is 66.9 Å². The summed E-state index contributed by atoms with van der Waals surface area (Å²) in [5.74, 6) is -0.428. The Hall–Kier alpha value is -1.04. The Bertz CT molecular complexity index is 239. The lowest BCUT2D eigenvalue weighted by atomic mass is 9.75. The molecule has 3 nitrogen and oxygen atoms in total. The van der Waals surface area contributed by atoms with Crippen molar-refractivity contribution in [2.45, 2.75) is 52.9 Å². The van der Waals surface area contributed by atoms with E-state index >= 15 is 0 Å². The lowest BCUT2D eigenvalue weighted by Gasteiger charge is -2.29. The Balaban J connectivity index is 0.00000106. The number of carbonyl (C=O) groups is 1. The first-order valence-electron chi connectivity index (χ1n) is 6.35. The van der Waals surface area contributed by atoms with E-state index in [1.807, 2.05) is 26.8 Å². The second-order valence-corrected chi connectivity index (χ2v) is 4.27. The molecule has 0 saturated heterocycles. The number of nitriles is 1. The molecular formula is C13H24N2O. The summed E-state index contributed by atoms with van der Waals surface area (Å²) in [4.78, 5) is 11.0. The Morgan fingerprint density at radius 1 is 1.31 bits per heavy atom. The van der Waals surface area contributed by atoms with E-state index < -0.39 is 11.8 Å². The van der Waals surface area contributed by atoms with Crippen LogP contribution in [0.15, 0.2) is 0 Å². The number of amides is 1. The van der Waals surface area contributed by atoms with Crippen LogP contribution in [0.1, 0.15) is 52.9 Å². The average Bonchev–Trinajstić information content (AvgIpc) is 2.33. The minimum absolute atomic E-state index is 0.123. The van der Waals surface area contributed by atoms with Gasteiger partial charge in [-0.2, -0.15) is 5.26 Å². The molecule has 92 valence electrons. The largest absolute Gasteiger partial charge is 0.369 e. The molecule has 1 fully saturated rings. The van der Waals surface area contributed by atoms with Gasteiger partial charge in [0.2, 0.25) is 5.91 Å². The summed E-state index contributed by atoms with van der Waals surface area (Å²) in [6.07, 6.45) is 6.04. The molecule has 1 amide bonds. The monoisotopic (exact) mass is 224 g/mol. The second-order valence-electron chi connectivity index (χ2n) is 4.27. The van der Waals surface area contributed by atoms with Crippen LogP contribution >= 0.6 is 0 Å². The van der Waals surface area contributed by atoms with Crippen LogP contribution in [0.5, 0.6) is 0 Å². The second kappa shape index (κ2) is 8.15. The minimum Gasteiger partial charge on any atom is -0.369 e. The normalized spacial score (nSPS) is 19.9. The standard InChI is InChI=1S/C11H18N2O.C2H6/c1-8(10(7-12)11(13)14)9-5-3-2-4-6-9;1-2/h8-10H,2-6H2,1H3,(H2,13,14);1-2H3. The van der Waals surface area contributed by atoms with Crippen LogP contribution in [0, 0.1) is 29.1 Å². The molecule has 1 saturated carbocycles. The van der Waals surface area contributed by atoms with Gasteiger partial charge in [-0.15, -0.1) is 0 Å². The highest BCUT2D eigenvalue weighted by atomic mass is 16.1. The zero-order valence-corrected chi connectivity index (χ0v) is 10.7. The fourth-order valence-corrected chi connectivity index (χ4v) is 2.37. The van der Waals surface area contributed by atoms with E-state index in [2.05, 4.69) is 0 Å². The number of hydrogen-bond acceptors (Lipinski definition) is 2. The van der Waals surface area contributed by atoms with Gasteiger partial charge in [0.05, 0.1) is 6.07 Å². The van der Waals surface area contributed by atoms with Crippen molar-refractivity contribution < 1.29 is 4.79 Å². The van der Waals surface area contributed by atoms with Crippen molar-refractivity contribution in [2.24, 2.45) is 23.5 Å². The summed E-state index contributed by atoms with van der Waals surface area (Å²) < 4.78 is 0. The molecule has 0 aromatic rings. The molecule has 16 heavy (non-hydrogen) atoms. The van der Waals surface area contributed by atoms with Crippen molar-refractivity contribution >= 4 is 5.91 Å². The van der Waals surface area contributed by atoms with Crippen molar-refractivity contribution in [3.05, 3.63) is 0 Å². The maximum atomic E-state index is 11.0. The predicted octanol–water partition coefficient (Wildman–Crippen LogP) is 2.85. The Labute approximate surface area is 99.0 Å². The molecular weight excluding hydrogens is 200 g/mol. The van der Waals surface area contributed by atoms with Crippen molar-refractivity contribution in [2.75, 3.05) is 0 Å². The Kier molecular flexibility index (Phi) is 7.62.